The van der Waals surface area contributed by atoms with E-state index in [0.717, 1.165) is 16.9 Å². The molecule has 0 unspecified atom stereocenters. The van der Waals surface area contributed by atoms with Crippen LogP contribution in [0.5, 0.6) is 23.0 Å². The van der Waals surface area contributed by atoms with Gasteiger partial charge in [-0.15, -0.1) is 24.0 Å². The number of nitrogens with zero attached hydrogens (tertiary/aromatic N) is 1. The van der Waals surface area contributed by atoms with Gasteiger partial charge in [0.1, 0.15) is 11.5 Å². The van der Waals surface area contributed by atoms with Crippen molar-refractivity contribution in [3.63, 3.8) is 0 Å². The molecule has 0 saturated heterocycles. The maximum Gasteiger partial charge on any atom is 0.191 e. The third kappa shape index (κ3) is 6.08. The van der Waals surface area contributed by atoms with Crippen LogP contribution in [0.3, 0.4) is 0 Å². The number of nitrogens with one attached hydrogen (secondary N) is 2. The first-order valence-corrected chi connectivity index (χ1v) is 8.52. The van der Waals surface area contributed by atoms with Crippen LogP contribution in [0.25, 0.3) is 0 Å². The lowest BCUT2D eigenvalue weighted by atomic mass is 10.1. The molecule has 0 radical (unpaired) electrons. The number of guanidine groups is 1. The first-order chi connectivity index (χ1) is 13.2. The van der Waals surface area contributed by atoms with Gasteiger partial charge in [-0.05, 0) is 12.1 Å². The predicted molar refractivity (Wildman–Crippen MR) is 122 cm³/mol. The largest absolute Gasteiger partial charge is 0.496 e. The van der Waals surface area contributed by atoms with E-state index in [0.29, 0.717) is 36.3 Å². The third-order valence-electron chi connectivity index (χ3n) is 4.10. The van der Waals surface area contributed by atoms with Crippen LogP contribution in [0, 0.1) is 0 Å². The van der Waals surface area contributed by atoms with Crippen LogP contribution in [0.4, 0.5) is 0 Å². The van der Waals surface area contributed by atoms with Crippen molar-refractivity contribution in [2.45, 2.75) is 13.1 Å². The van der Waals surface area contributed by atoms with Gasteiger partial charge < -0.3 is 29.6 Å². The van der Waals surface area contributed by atoms with E-state index in [-0.39, 0.29) is 24.0 Å². The minimum atomic E-state index is 0. The highest BCUT2D eigenvalue weighted by Gasteiger charge is 2.12. The van der Waals surface area contributed by atoms with Crippen molar-refractivity contribution in [2.24, 2.45) is 4.99 Å². The molecule has 2 rings (SSSR count). The monoisotopic (exact) mass is 501 g/mol. The molecule has 0 heterocycles. The number of halogens is 1. The summed E-state index contributed by atoms with van der Waals surface area (Å²) in [6, 6.07) is 11.6. The Labute approximate surface area is 183 Å². The van der Waals surface area contributed by atoms with Gasteiger partial charge in [0.15, 0.2) is 17.5 Å². The van der Waals surface area contributed by atoms with Gasteiger partial charge in [-0.25, -0.2) is 0 Å². The molecule has 2 aromatic rings. The molecule has 0 saturated carbocycles. The fourth-order valence-corrected chi connectivity index (χ4v) is 2.66. The zero-order valence-electron chi connectivity index (χ0n) is 16.9. The summed E-state index contributed by atoms with van der Waals surface area (Å²) in [7, 11) is 8.21. The van der Waals surface area contributed by atoms with Crippen molar-refractivity contribution >= 4 is 29.9 Å². The molecular formula is C20H28IN3O4. The quantitative estimate of drug-likeness (QED) is 0.329. The van der Waals surface area contributed by atoms with Crippen LogP contribution in [0.2, 0.25) is 0 Å². The van der Waals surface area contributed by atoms with Gasteiger partial charge in [-0.2, -0.15) is 0 Å². The van der Waals surface area contributed by atoms with Crippen LogP contribution < -0.4 is 29.6 Å². The Kier molecular flexibility index (Phi) is 10.3. The Balaban J connectivity index is 0.00000392. The van der Waals surface area contributed by atoms with E-state index < -0.39 is 0 Å². The Bertz CT molecular complexity index is 784. The van der Waals surface area contributed by atoms with E-state index in [4.69, 9.17) is 18.9 Å². The predicted octanol–water partition coefficient (Wildman–Crippen LogP) is 3.20. The van der Waals surface area contributed by atoms with E-state index in [1.807, 2.05) is 30.3 Å². The van der Waals surface area contributed by atoms with Crippen molar-refractivity contribution in [2.75, 3.05) is 35.5 Å². The maximum atomic E-state index is 5.46. The summed E-state index contributed by atoms with van der Waals surface area (Å²) >= 11 is 0. The van der Waals surface area contributed by atoms with Gasteiger partial charge in [0, 0.05) is 37.3 Å². The fraction of sp³-hybridized carbons (Fsp3) is 0.350. The molecule has 0 aliphatic heterocycles. The van der Waals surface area contributed by atoms with Crippen molar-refractivity contribution in [3.8, 4) is 23.0 Å². The molecule has 2 N–H and O–H groups in total. The molecule has 0 aliphatic rings. The summed E-state index contributed by atoms with van der Waals surface area (Å²) in [6.45, 7) is 1.10. The second-order valence-electron chi connectivity index (χ2n) is 5.61. The molecule has 0 aromatic heterocycles. The standard InChI is InChI=1S/C20H27N3O4.HI/c1-21-20(22-12-14-8-6-7-9-16(14)24-2)23-13-15-10-18(26-4)19(27-5)11-17(15)25-3;/h6-11H,12-13H2,1-5H3,(H2,21,22,23);1H. The zero-order chi connectivity index (χ0) is 19.6. The first kappa shape index (κ1) is 23.7. The Morgan fingerprint density at radius 3 is 1.86 bits per heavy atom. The Morgan fingerprint density at radius 1 is 0.750 bits per heavy atom. The summed E-state index contributed by atoms with van der Waals surface area (Å²) in [5, 5.41) is 6.56. The van der Waals surface area contributed by atoms with Gasteiger partial charge in [0.25, 0.3) is 0 Å². The number of rotatable bonds is 8. The summed E-state index contributed by atoms with van der Waals surface area (Å²) < 4.78 is 21.5. The molecule has 28 heavy (non-hydrogen) atoms. The number of hydrogen-bond donors (Lipinski definition) is 2. The summed E-state index contributed by atoms with van der Waals surface area (Å²) in [5.41, 5.74) is 1.97. The highest BCUT2D eigenvalue weighted by molar-refractivity contribution is 14.0. The number of methoxy groups -OCH3 is 4. The molecule has 2 aromatic carbocycles. The molecule has 0 atom stereocenters. The normalized spacial score (nSPS) is 10.5. The van der Waals surface area contributed by atoms with E-state index in [1.54, 1.807) is 41.6 Å². The van der Waals surface area contributed by atoms with Crippen LogP contribution >= 0.6 is 24.0 Å². The summed E-state index contributed by atoms with van der Waals surface area (Å²) in [4.78, 5) is 4.26. The summed E-state index contributed by atoms with van der Waals surface area (Å²) in [5.74, 6) is 3.48. The van der Waals surface area contributed by atoms with E-state index in [1.165, 1.54) is 0 Å². The second-order valence-corrected chi connectivity index (χ2v) is 5.61. The Morgan fingerprint density at radius 2 is 1.29 bits per heavy atom. The van der Waals surface area contributed by atoms with Gasteiger partial charge in [-0.3, -0.25) is 4.99 Å². The number of aliphatic imine (C=N–C) groups is 1. The minimum Gasteiger partial charge on any atom is -0.496 e. The molecule has 0 spiro atoms. The molecule has 154 valence electrons. The molecule has 0 fully saturated rings. The smallest absolute Gasteiger partial charge is 0.191 e. The Hall–Kier alpha value is -2.36. The lowest BCUT2D eigenvalue weighted by Crippen LogP contribution is -2.36. The molecule has 8 heteroatoms. The minimum absolute atomic E-state index is 0. The first-order valence-electron chi connectivity index (χ1n) is 8.52. The average Bonchev–Trinajstić information content (AvgIpc) is 2.73. The van der Waals surface area contributed by atoms with Crippen LogP contribution in [0.15, 0.2) is 41.4 Å². The molecule has 0 bridgehead atoms. The van der Waals surface area contributed by atoms with Crippen LogP contribution in [0.1, 0.15) is 11.1 Å². The topological polar surface area (TPSA) is 73.3 Å². The number of ether oxygens (including phenoxy) is 4. The highest BCUT2D eigenvalue weighted by Crippen LogP contribution is 2.34. The van der Waals surface area contributed by atoms with E-state index in [9.17, 15) is 0 Å². The SMILES string of the molecule is CN=C(NCc1ccccc1OC)NCc1cc(OC)c(OC)cc1OC.I. The van der Waals surface area contributed by atoms with Crippen LogP contribution in [-0.2, 0) is 13.1 Å². The third-order valence-corrected chi connectivity index (χ3v) is 4.10. The van der Waals surface area contributed by atoms with Gasteiger partial charge in [-0.1, -0.05) is 18.2 Å². The molecular weight excluding hydrogens is 473 g/mol. The number of hydrogen-bond acceptors (Lipinski definition) is 5. The molecule has 0 amide bonds. The average molecular weight is 501 g/mol. The van der Waals surface area contributed by atoms with E-state index in [2.05, 4.69) is 15.6 Å². The maximum absolute atomic E-state index is 5.46. The van der Waals surface area contributed by atoms with Gasteiger partial charge >= 0.3 is 0 Å². The summed E-state index contributed by atoms with van der Waals surface area (Å²) in [6.07, 6.45) is 0. The van der Waals surface area contributed by atoms with Gasteiger partial charge in [0.2, 0.25) is 0 Å². The number of benzene rings is 2. The highest BCUT2D eigenvalue weighted by atomic mass is 127. The van der Waals surface area contributed by atoms with E-state index >= 15 is 0 Å². The van der Waals surface area contributed by atoms with Crippen LogP contribution in [-0.4, -0.2) is 41.4 Å². The molecule has 0 aliphatic carbocycles. The number of para-hydroxylation sites is 1. The lowest BCUT2D eigenvalue weighted by Gasteiger charge is -2.17. The van der Waals surface area contributed by atoms with Crippen molar-refractivity contribution in [1.29, 1.82) is 0 Å². The van der Waals surface area contributed by atoms with Crippen molar-refractivity contribution in [1.82, 2.24) is 10.6 Å². The second kappa shape index (κ2) is 12.2. The lowest BCUT2D eigenvalue weighted by molar-refractivity contribution is 0.347. The zero-order valence-corrected chi connectivity index (χ0v) is 19.2. The van der Waals surface area contributed by atoms with Gasteiger partial charge in [0.05, 0.1) is 28.4 Å². The van der Waals surface area contributed by atoms with Crippen molar-refractivity contribution in [3.05, 3.63) is 47.5 Å². The van der Waals surface area contributed by atoms with Crippen molar-refractivity contribution < 1.29 is 18.9 Å². The fourth-order valence-electron chi connectivity index (χ4n) is 2.66. The molecule has 7 nitrogen and oxygen atoms in total.